The van der Waals surface area contributed by atoms with E-state index < -0.39 is 0 Å². The van der Waals surface area contributed by atoms with Gasteiger partial charge in [0.25, 0.3) is 0 Å². The topological polar surface area (TPSA) is 43.8 Å². The molecular formula is C12H14ClN3S. The zero-order chi connectivity index (χ0) is 12.4. The first-order valence-electron chi connectivity index (χ1n) is 5.25. The average molecular weight is 268 g/mol. The molecule has 0 atom stereocenters. The molecule has 3 nitrogen and oxygen atoms in total. The first kappa shape index (κ1) is 12.3. The maximum atomic E-state index is 6.18. The number of thioether (sulfide) groups is 1. The van der Waals surface area contributed by atoms with Crippen LogP contribution in [0.4, 0.5) is 5.69 Å². The quantitative estimate of drug-likeness (QED) is 0.686. The third-order valence-corrected chi connectivity index (χ3v) is 4.15. The highest BCUT2D eigenvalue weighted by atomic mass is 35.5. The summed E-state index contributed by atoms with van der Waals surface area (Å²) in [5, 5.41) is 4.98. The van der Waals surface area contributed by atoms with Crippen LogP contribution in [0, 0.1) is 6.92 Å². The van der Waals surface area contributed by atoms with Crippen molar-refractivity contribution in [3.63, 3.8) is 0 Å². The molecule has 0 saturated heterocycles. The number of rotatable bonds is 3. The van der Waals surface area contributed by atoms with E-state index in [1.54, 1.807) is 16.4 Å². The molecule has 1 aromatic heterocycles. The summed E-state index contributed by atoms with van der Waals surface area (Å²) in [6.45, 7) is 1.97. The van der Waals surface area contributed by atoms with Crippen LogP contribution in [0.3, 0.4) is 0 Å². The summed E-state index contributed by atoms with van der Waals surface area (Å²) < 4.78 is 1.70. The van der Waals surface area contributed by atoms with Crippen molar-refractivity contribution in [3.05, 3.63) is 40.7 Å². The van der Waals surface area contributed by atoms with Crippen molar-refractivity contribution in [2.24, 2.45) is 7.05 Å². The van der Waals surface area contributed by atoms with Gasteiger partial charge in [0.05, 0.1) is 5.69 Å². The molecule has 0 saturated carbocycles. The molecule has 0 unspecified atom stereocenters. The number of nitrogens with two attached hydrogens (primary N) is 1. The first-order chi connectivity index (χ1) is 8.09. The number of nitrogen functional groups attached to an aromatic ring is 1. The molecule has 2 rings (SSSR count). The fourth-order valence-corrected chi connectivity index (χ4v) is 2.98. The van der Waals surface area contributed by atoms with Gasteiger partial charge in [-0.3, -0.25) is 4.68 Å². The Balaban J connectivity index is 2.15. The highest BCUT2D eigenvalue weighted by Crippen LogP contribution is 2.31. The second-order valence-electron chi connectivity index (χ2n) is 3.80. The molecule has 0 aliphatic rings. The van der Waals surface area contributed by atoms with E-state index in [1.165, 1.54) is 0 Å². The predicted octanol–water partition coefficient (Wildman–Crippen LogP) is 3.26. The summed E-state index contributed by atoms with van der Waals surface area (Å²) in [5.41, 5.74) is 8.74. The normalized spacial score (nSPS) is 10.8. The van der Waals surface area contributed by atoms with Gasteiger partial charge in [0, 0.05) is 28.9 Å². The zero-order valence-electron chi connectivity index (χ0n) is 9.77. The number of aryl methyl sites for hydroxylation is 2. The fourth-order valence-electron chi connectivity index (χ4n) is 1.60. The second-order valence-corrected chi connectivity index (χ2v) is 5.18. The summed E-state index contributed by atoms with van der Waals surface area (Å²) in [6, 6.07) is 7.83. The van der Waals surface area contributed by atoms with Gasteiger partial charge in [-0.2, -0.15) is 5.10 Å². The second kappa shape index (κ2) is 5.02. The third kappa shape index (κ3) is 2.58. The molecule has 2 N–H and O–H groups in total. The van der Waals surface area contributed by atoms with Crippen molar-refractivity contribution in [1.82, 2.24) is 9.78 Å². The van der Waals surface area contributed by atoms with Crippen molar-refractivity contribution >= 4 is 29.1 Å². The predicted molar refractivity (Wildman–Crippen MR) is 73.4 cm³/mol. The molecule has 5 heteroatoms. The largest absolute Gasteiger partial charge is 0.398 e. The third-order valence-electron chi connectivity index (χ3n) is 2.56. The number of hydrogen-bond acceptors (Lipinski definition) is 3. The van der Waals surface area contributed by atoms with E-state index in [2.05, 4.69) is 5.10 Å². The number of halogens is 1. The van der Waals surface area contributed by atoms with Crippen LogP contribution in [-0.4, -0.2) is 9.78 Å². The molecule has 2 aromatic rings. The van der Waals surface area contributed by atoms with E-state index in [0.717, 1.165) is 27.6 Å². The number of nitrogens with zero attached hydrogens (tertiary/aromatic N) is 2. The van der Waals surface area contributed by atoms with Crippen LogP contribution in [0.15, 0.2) is 29.2 Å². The molecule has 1 heterocycles. The molecule has 0 bridgehead atoms. The lowest BCUT2D eigenvalue weighted by Gasteiger charge is -2.04. The van der Waals surface area contributed by atoms with Crippen molar-refractivity contribution in [2.75, 3.05) is 5.73 Å². The molecule has 0 radical (unpaired) electrons. The van der Waals surface area contributed by atoms with Gasteiger partial charge in [-0.25, -0.2) is 0 Å². The number of anilines is 1. The van der Waals surface area contributed by atoms with Crippen molar-refractivity contribution in [2.45, 2.75) is 17.6 Å². The van der Waals surface area contributed by atoms with Gasteiger partial charge in [0.2, 0.25) is 0 Å². The van der Waals surface area contributed by atoms with E-state index in [0.29, 0.717) is 5.15 Å². The summed E-state index contributed by atoms with van der Waals surface area (Å²) in [5.74, 6) is 0.784. The highest BCUT2D eigenvalue weighted by Gasteiger charge is 2.11. The minimum absolute atomic E-state index is 0.699. The lowest BCUT2D eigenvalue weighted by molar-refractivity contribution is 0.757. The van der Waals surface area contributed by atoms with Crippen LogP contribution in [-0.2, 0) is 12.8 Å². The van der Waals surface area contributed by atoms with E-state index in [1.807, 2.05) is 38.2 Å². The summed E-state index contributed by atoms with van der Waals surface area (Å²) >= 11 is 7.85. The van der Waals surface area contributed by atoms with Gasteiger partial charge in [0.15, 0.2) is 0 Å². The van der Waals surface area contributed by atoms with Crippen LogP contribution in [0.25, 0.3) is 0 Å². The standard InChI is InChI=1S/C12H14ClN3S/c1-8-9(12(13)16(2)15-8)7-17-11-6-4-3-5-10(11)14/h3-6H,7,14H2,1-2H3. The van der Waals surface area contributed by atoms with Crippen molar-refractivity contribution in [1.29, 1.82) is 0 Å². The lowest BCUT2D eigenvalue weighted by atomic mass is 10.3. The Bertz CT molecular complexity index is 537. The maximum absolute atomic E-state index is 6.18. The molecule has 90 valence electrons. The van der Waals surface area contributed by atoms with Gasteiger partial charge in [-0.05, 0) is 19.1 Å². The monoisotopic (exact) mass is 267 g/mol. The van der Waals surface area contributed by atoms with Gasteiger partial charge in [0.1, 0.15) is 5.15 Å². The Labute approximate surface area is 110 Å². The first-order valence-corrected chi connectivity index (χ1v) is 6.61. The molecule has 17 heavy (non-hydrogen) atoms. The Morgan fingerprint density at radius 3 is 2.71 bits per heavy atom. The maximum Gasteiger partial charge on any atom is 0.131 e. The smallest absolute Gasteiger partial charge is 0.131 e. The Morgan fingerprint density at radius 1 is 1.41 bits per heavy atom. The Kier molecular flexibility index (Phi) is 3.64. The fraction of sp³-hybridized carbons (Fsp3) is 0.250. The SMILES string of the molecule is Cc1nn(C)c(Cl)c1CSc1ccccc1N. The van der Waals surface area contributed by atoms with Crippen molar-refractivity contribution < 1.29 is 0 Å². The average Bonchev–Trinajstić information content (AvgIpc) is 2.53. The molecule has 0 aliphatic carbocycles. The summed E-state index contributed by atoms with van der Waals surface area (Å²) in [7, 11) is 1.85. The van der Waals surface area contributed by atoms with Crippen molar-refractivity contribution in [3.8, 4) is 0 Å². The Morgan fingerprint density at radius 2 is 2.12 bits per heavy atom. The number of benzene rings is 1. The van der Waals surface area contributed by atoms with Crippen LogP contribution in [0.1, 0.15) is 11.3 Å². The van der Waals surface area contributed by atoms with Crippen LogP contribution >= 0.6 is 23.4 Å². The molecule has 0 amide bonds. The highest BCUT2D eigenvalue weighted by molar-refractivity contribution is 7.98. The minimum Gasteiger partial charge on any atom is -0.398 e. The van der Waals surface area contributed by atoms with Crippen LogP contribution in [0.5, 0.6) is 0 Å². The minimum atomic E-state index is 0.699. The molecule has 0 aliphatic heterocycles. The molecule has 0 fully saturated rings. The number of hydrogen-bond donors (Lipinski definition) is 1. The van der Waals surface area contributed by atoms with E-state index in [9.17, 15) is 0 Å². The number of para-hydroxylation sites is 1. The lowest BCUT2D eigenvalue weighted by Crippen LogP contribution is -1.90. The van der Waals surface area contributed by atoms with Gasteiger partial charge < -0.3 is 5.73 Å². The van der Waals surface area contributed by atoms with E-state index >= 15 is 0 Å². The molecular weight excluding hydrogens is 254 g/mol. The summed E-state index contributed by atoms with van der Waals surface area (Å²) in [4.78, 5) is 1.08. The molecule has 1 aromatic carbocycles. The Hall–Kier alpha value is -1.13. The van der Waals surface area contributed by atoms with Gasteiger partial charge in [-0.1, -0.05) is 23.7 Å². The van der Waals surface area contributed by atoms with Gasteiger partial charge in [-0.15, -0.1) is 11.8 Å². The van der Waals surface area contributed by atoms with Crippen LogP contribution in [0.2, 0.25) is 5.15 Å². The summed E-state index contributed by atoms with van der Waals surface area (Å²) in [6.07, 6.45) is 0. The van der Waals surface area contributed by atoms with E-state index in [-0.39, 0.29) is 0 Å². The molecule has 0 spiro atoms. The number of aromatic nitrogens is 2. The van der Waals surface area contributed by atoms with Crippen LogP contribution < -0.4 is 5.73 Å². The van der Waals surface area contributed by atoms with Gasteiger partial charge >= 0.3 is 0 Å². The zero-order valence-corrected chi connectivity index (χ0v) is 11.3. The van der Waals surface area contributed by atoms with E-state index in [4.69, 9.17) is 17.3 Å².